The fraction of sp³-hybridized carbons (Fsp3) is 0.190. The normalized spacial score (nSPS) is 10.3. The number of hydrogen-bond acceptors (Lipinski definition) is 5. The second kappa shape index (κ2) is 8.31. The number of carbonyl (C=O) groups is 1. The van der Waals surface area contributed by atoms with Crippen LogP contribution in [0.25, 0.3) is 0 Å². The number of methoxy groups -OCH3 is 1. The van der Waals surface area contributed by atoms with Gasteiger partial charge < -0.3 is 15.4 Å². The number of aromatic nitrogens is 2. The molecule has 0 atom stereocenters. The number of nitrogens with zero attached hydrogens (tertiary/aromatic N) is 2. The van der Waals surface area contributed by atoms with Gasteiger partial charge in [-0.3, -0.25) is 4.79 Å². The molecule has 3 rings (SSSR count). The summed E-state index contributed by atoms with van der Waals surface area (Å²) in [4.78, 5) is 21.2. The van der Waals surface area contributed by atoms with Crippen LogP contribution in [0.3, 0.4) is 0 Å². The second-order valence-electron chi connectivity index (χ2n) is 6.24. The van der Waals surface area contributed by atoms with Gasteiger partial charge in [0, 0.05) is 17.9 Å². The van der Waals surface area contributed by atoms with Gasteiger partial charge in [-0.2, -0.15) is 0 Å². The zero-order valence-electron chi connectivity index (χ0n) is 15.6. The summed E-state index contributed by atoms with van der Waals surface area (Å²) in [5, 5.41) is 6.01. The molecule has 2 N–H and O–H groups in total. The molecule has 138 valence electrons. The van der Waals surface area contributed by atoms with Gasteiger partial charge in [0.05, 0.1) is 7.11 Å². The average Bonchev–Trinajstić information content (AvgIpc) is 2.68. The molecule has 0 unspecified atom stereocenters. The van der Waals surface area contributed by atoms with Gasteiger partial charge in [-0.15, -0.1) is 0 Å². The van der Waals surface area contributed by atoms with Gasteiger partial charge >= 0.3 is 0 Å². The Balaban J connectivity index is 1.69. The number of benzene rings is 2. The Morgan fingerprint density at radius 1 is 1.00 bits per heavy atom. The predicted octanol–water partition coefficient (Wildman–Crippen LogP) is 3.97. The summed E-state index contributed by atoms with van der Waals surface area (Å²) in [6, 6.07) is 17.0. The number of carbonyl (C=O) groups excluding carboxylic acids is 1. The van der Waals surface area contributed by atoms with Crippen molar-refractivity contribution in [2.75, 3.05) is 17.7 Å². The van der Waals surface area contributed by atoms with Crippen molar-refractivity contribution in [3.63, 3.8) is 0 Å². The molecule has 3 aromatic rings. The molecule has 2 aromatic carbocycles. The van der Waals surface area contributed by atoms with Crippen molar-refractivity contribution in [3.05, 3.63) is 77.1 Å². The Bertz CT molecular complexity index is 922. The van der Waals surface area contributed by atoms with Gasteiger partial charge in [-0.05, 0) is 49.7 Å². The topological polar surface area (TPSA) is 76.1 Å². The molecule has 1 amide bonds. The van der Waals surface area contributed by atoms with E-state index < -0.39 is 0 Å². The van der Waals surface area contributed by atoms with E-state index in [2.05, 4.69) is 51.8 Å². The highest BCUT2D eigenvalue weighted by Gasteiger charge is 2.11. The van der Waals surface area contributed by atoms with E-state index >= 15 is 0 Å². The van der Waals surface area contributed by atoms with E-state index in [0.29, 0.717) is 23.9 Å². The van der Waals surface area contributed by atoms with Crippen LogP contribution < -0.4 is 15.4 Å². The highest BCUT2D eigenvalue weighted by molar-refractivity contribution is 6.03. The average molecular weight is 362 g/mol. The molecule has 0 bridgehead atoms. The van der Waals surface area contributed by atoms with Crippen molar-refractivity contribution in [3.8, 4) is 5.75 Å². The molecular formula is C21H22N4O2. The fourth-order valence-electron chi connectivity index (χ4n) is 2.52. The van der Waals surface area contributed by atoms with Crippen molar-refractivity contribution >= 4 is 17.5 Å². The molecule has 0 spiro atoms. The van der Waals surface area contributed by atoms with Crippen LogP contribution in [-0.4, -0.2) is 23.0 Å². The maximum absolute atomic E-state index is 12.5. The fourth-order valence-corrected chi connectivity index (χ4v) is 2.52. The number of nitrogens with one attached hydrogen (secondary N) is 2. The first-order chi connectivity index (χ1) is 13.0. The largest absolute Gasteiger partial charge is 0.497 e. The molecule has 6 heteroatoms. The van der Waals surface area contributed by atoms with Crippen LogP contribution in [0.15, 0.2) is 54.6 Å². The highest BCUT2D eigenvalue weighted by atomic mass is 16.5. The molecule has 0 fully saturated rings. The van der Waals surface area contributed by atoms with E-state index in [9.17, 15) is 4.79 Å². The van der Waals surface area contributed by atoms with Crippen molar-refractivity contribution in [2.24, 2.45) is 0 Å². The Kier molecular flexibility index (Phi) is 5.66. The van der Waals surface area contributed by atoms with E-state index in [1.807, 2.05) is 6.92 Å². The molecule has 0 saturated heterocycles. The van der Waals surface area contributed by atoms with Crippen molar-refractivity contribution in [2.45, 2.75) is 20.4 Å². The quantitative estimate of drug-likeness (QED) is 0.694. The minimum atomic E-state index is -0.288. The third-order valence-corrected chi connectivity index (χ3v) is 4.01. The summed E-state index contributed by atoms with van der Waals surface area (Å²) in [5.41, 5.74) is 4.03. The Morgan fingerprint density at radius 2 is 1.70 bits per heavy atom. The van der Waals surface area contributed by atoms with Gasteiger partial charge in [-0.25, -0.2) is 9.97 Å². The molecule has 0 aliphatic carbocycles. The molecule has 0 aliphatic rings. The number of rotatable bonds is 6. The van der Waals surface area contributed by atoms with Gasteiger partial charge in [0.2, 0.25) is 5.95 Å². The molecule has 0 aliphatic heterocycles. The van der Waals surface area contributed by atoms with Crippen molar-refractivity contribution in [1.82, 2.24) is 9.97 Å². The number of ether oxygens (including phenoxy) is 1. The maximum atomic E-state index is 12.5. The van der Waals surface area contributed by atoms with E-state index in [1.165, 1.54) is 5.56 Å². The Hall–Kier alpha value is -3.41. The maximum Gasteiger partial charge on any atom is 0.274 e. The summed E-state index contributed by atoms with van der Waals surface area (Å²) in [6.45, 7) is 4.47. The minimum absolute atomic E-state index is 0.288. The highest BCUT2D eigenvalue weighted by Crippen LogP contribution is 2.16. The molecule has 1 aromatic heterocycles. The zero-order chi connectivity index (χ0) is 19.2. The van der Waals surface area contributed by atoms with E-state index in [-0.39, 0.29) is 5.91 Å². The summed E-state index contributed by atoms with van der Waals surface area (Å²) < 4.78 is 5.12. The smallest absolute Gasteiger partial charge is 0.274 e. The second-order valence-corrected chi connectivity index (χ2v) is 6.24. The standard InChI is InChI=1S/C21H22N4O2/c1-14-4-6-16(7-5-14)13-22-21-23-15(2)12-19(25-21)20(26)24-17-8-10-18(27-3)11-9-17/h4-12H,13H2,1-3H3,(H,24,26)(H,22,23,25). The van der Waals surface area contributed by atoms with Crippen molar-refractivity contribution in [1.29, 1.82) is 0 Å². The summed E-state index contributed by atoms with van der Waals surface area (Å²) in [5.74, 6) is 0.869. The lowest BCUT2D eigenvalue weighted by Gasteiger charge is -2.09. The van der Waals surface area contributed by atoms with Crippen LogP contribution in [0.4, 0.5) is 11.6 Å². The lowest BCUT2D eigenvalue weighted by atomic mass is 10.1. The number of amides is 1. The van der Waals surface area contributed by atoms with Crippen LogP contribution in [0.5, 0.6) is 5.75 Å². The SMILES string of the molecule is COc1ccc(NC(=O)c2cc(C)nc(NCc3ccc(C)cc3)n2)cc1. The zero-order valence-corrected chi connectivity index (χ0v) is 15.6. The number of anilines is 2. The van der Waals surface area contributed by atoms with Crippen LogP contribution in [0, 0.1) is 13.8 Å². The minimum Gasteiger partial charge on any atom is -0.497 e. The predicted molar refractivity (Wildman–Crippen MR) is 106 cm³/mol. The summed E-state index contributed by atoms with van der Waals surface area (Å²) in [6.07, 6.45) is 0. The van der Waals surface area contributed by atoms with Crippen molar-refractivity contribution < 1.29 is 9.53 Å². The molecule has 0 radical (unpaired) electrons. The van der Waals surface area contributed by atoms with Crippen LogP contribution >= 0.6 is 0 Å². The van der Waals surface area contributed by atoms with E-state index in [4.69, 9.17) is 4.74 Å². The molecule has 27 heavy (non-hydrogen) atoms. The van der Waals surface area contributed by atoms with E-state index in [0.717, 1.165) is 17.0 Å². The third kappa shape index (κ3) is 5.04. The first-order valence-electron chi connectivity index (χ1n) is 8.64. The van der Waals surface area contributed by atoms with Crippen LogP contribution in [-0.2, 0) is 6.54 Å². The van der Waals surface area contributed by atoms with Gasteiger partial charge in [0.25, 0.3) is 5.91 Å². The summed E-state index contributed by atoms with van der Waals surface area (Å²) in [7, 11) is 1.60. The third-order valence-electron chi connectivity index (χ3n) is 4.01. The lowest BCUT2D eigenvalue weighted by molar-refractivity contribution is 0.102. The molecule has 1 heterocycles. The monoisotopic (exact) mass is 362 g/mol. The molecular weight excluding hydrogens is 340 g/mol. The van der Waals surface area contributed by atoms with Crippen LogP contribution in [0.2, 0.25) is 0 Å². The Morgan fingerprint density at radius 3 is 2.37 bits per heavy atom. The first-order valence-corrected chi connectivity index (χ1v) is 8.64. The first kappa shape index (κ1) is 18.4. The Labute approximate surface area is 158 Å². The number of aryl methyl sites for hydroxylation is 2. The van der Waals surface area contributed by atoms with Gasteiger partial charge in [0.1, 0.15) is 11.4 Å². The van der Waals surface area contributed by atoms with Gasteiger partial charge in [-0.1, -0.05) is 29.8 Å². The van der Waals surface area contributed by atoms with Crippen LogP contribution in [0.1, 0.15) is 27.3 Å². The van der Waals surface area contributed by atoms with E-state index in [1.54, 1.807) is 37.4 Å². The summed E-state index contributed by atoms with van der Waals surface area (Å²) >= 11 is 0. The molecule has 0 saturated carbocycles. The molecule has 6 nitrogen and oxygen atoms in total. The van der Waals surface area contributed by atoms with Gasteiger partial charge in [0.15, 0.2) is 0 Å². The number of hydrogen-bond donors (Lipinski definition) is 2. The lowest BCUT2D eigenvalue weighted by Crippen LogP contribution is -2.16.